The number of ether oxygens (including phenoxy) is 3. The van der Waals surface area contributed by atoms with E-state index < -0.39 is 0 Å². The van der Waals surface area contributed by atoms with Crippen molar-refractivity contribution in [3.05, 3.63) is 35.9 Å². The van der Waals surface area contributed by atoms with E-state index in [1.165, 1.54) is 0 Å². The van der Waals surface area contributed by atoms with Gasteiger partial charge >= 0.3 is 5.97 Å². The molecular formula is C15H16O4. The van der Waals surface area contributed by atoms with Crippen molar-refractivity contribution in [3.8, 4) is 11.5 Å². The van der Waals surface area contributed by atoms with Crippen molar-refractivity contribution in [1.29, 1.82) is 0 Å². The molecule has 1 aliphatic heterocycles. The van der Waals surface area contributed by atoms with Crippen LogP contribution in [0.3, 0.4) is 0 Å². The van der Waals surface area contributed by atoms with E-state index in [0.29, 0.717) is 5.75 Å². The molecule has 0 bridgehead atoms. The fourth-order valence-corrected chi connectivity index (χ4v) is 2.87. The van der Waals surface area contributed by atoms with Crippen LogP contribution < -0.4 is 9.47 Å². The van der Waals surface area contributed by atoms with Crippen LogP contribution in [0.4, 0.5) is 0 Å². The molecule has 100 valence electrons. The Bertz CT molecular complexity index is 535. The highest BCUT2D eigenvalue weighted by molar-refractivity contribution is 5.80. The first kappa shape index (κ1) is 12.2. The third kappa shape index (κ3) is 2.12. The summed E-state index contributed by atoms with van der Waals surface area (Å²) in [6.07, 6.45) is 1.58. The molecule has 2 aliphatic rings. The third-order valence-electron chi connectivity index (χ3n) is 3.74. The van der Waals surface area contributed by atoms with Gasteiger partial charge < -0.3 is 14.2 Å². The molecule has 1 aromatic carbocycles. The number of esters is 1. The van der Waals surface area contributed by atoms with Gasteiger partial charge in [-0.2, -0.15) is 0 Å². The zero-order valence-corrected chi connectivity index (χ0v) is 10.8. The second kappa shape index (κ2) is 4.70. The van der Waals surface area contributed by atoms with E-state index in [4.69, 9.17) is 14.2 Å². The van der Waals surface area contributed by atoms with E-state index >= 15 is 0 Å². The lowest BCUT2D eigenvalue weighted by Crippen LogP contribution is -2.28. The Labute approximate surface area is 112 Å². The number of rotatable bonds is 3. The predicted octanol–water partition coefficient (Wildman–Crippen LogP) is 2.64. The van der Waals surface area contributed by atoms with Crippen LogP contribution in [-0.2, 0) is 9.53 Å². The van der Waals surface area contributed by atoms with Gasteiger partial charge in [-0.1, -0.05) is 12.2 Å². The van der Waals surface area contributed by atoms with Crippen LogP contribution in [0.2, 0.25) is 0 Å². The fourth-order valence-electron chi connectivity index (χ4n) is 2.87. The van der Waals surface area contributed by atoms with Gasteiger partial charge in [0.1, 0.15) is 11.5 Å². The Hall–Kier alpha value is -1.81. The maximum atomic E-state index is 11.9. The molecule has 0 aromatic heterocycles. The van der Waals surface area contributed by atoms with Gasteiger partial charge in [0.05, 0.1) is 5.92 Å². The van der Waals surface area contributed by atoms with Crippen LogP contribution in [0.25, 0.3) is 0 Å². The highest BCUT2D eigenvalue weighted by Gasteiger charge is 2.42. The molecule has 2 atom stereocenters. The van der Waals surface area contributed by atoms with E-state index in [0.717, 1.165) is 29.7 Å². The first-order valence-electron chi connectivity index (χ1n) is 6.33. The lowest BCUT2D eigenvalue weighted by molar-refractivity contribution is -0.140. The van der Waals surface area contributed by atoms with Crippen molar-refractivity contribution in [1.82, 2.24) is 0 Å². The standard InChI is InChI=1S/C15H16O4/c1-9-5-11-12-7-10(18-8-17-2)3-4-14(12)19-15(16)13(11)6-9/h3-4,7,11,13H,1,5-6,8H2,2H3/t11-,13?/m1/s1. The molecule has 4 nitrogen and oxygen atoms in total. The van der Waals surface area contributed by atoms with Gasteiger partial charge in [0.2, 0.25) is 0 Å². The lowest BCUT2D eigenvalue weighted by atomic mass is 9.86. The van der Waals surface area contributed by atoms with Gasteiger partial charge in [-0.3, -0.25) is 4.79 Å². The molecule has 1 heterocycles. The van der Waals surface area contributed by atoms with Crippen molar-refractivity contribution < 1.29 is 19.0 Å². The van der Waals surface area contributed by atoms with Crippen LogP contribution in [0.1, 0.15) is 24.3 Å². The fraction of sp³-hybridized carbons (Fsp3) is 0.400. The molecule has 1 unspecified atom stereocenters. The summed E-state index contributed by atoms with van der Waals surface area (Å²) >= 11 is 0. The smallest absolute Gasteiger partial charge is 0.315 e. The summed E-state index contributed by atoms with van der Waals surface area (Å²) in [6.45, 7) is 4.21. The molecule has 19 heavy (non-hydrogen) atoms. The van der Waals surface area contributed by atoms with E-state index in [1.807, 2.05) is 6.07 Å². The van der Waals surface area contributed by atoms with Crippen LogP contribution in [0.5, 0.6) is 11.5 Å². The van der Waals surface area contributed by atoms with E-state index in [9.17, 15) is 4.79 Å². The molecule has 0 radical (unpaired) electrons. The maximum absolute atomic E-state index is 11.9. The number of carbonyl (C=O) groups excluding carboxylic acids is 1. The summed E-state index contributed by atoms with van der Waals surface area (Å²) in [6, 6.07) is 5.52. The van der Waals surface area contributed by atoms with E-state index in [-0.39, 0.29) is 24.6 Å². The summed E-state index contributed by atoms with van der Waals surface area (Å²) < 4.78 is 15.7. The second-order valence-electron chi connectivity index (χ2n) is 5.04. The highest BCUT2D eigenvalue weighted by atomic mass is 16.7. The molecule has 4 heteroatoms. The highest BCUT2D eigenvalue weighted by Crippen LogP contribution is 2.49. The van der Waals surface area contributed by atoms with Crippen molar-refractivity contribution in [2.75, 3.05) is 13.9 Å². The first-order valence-corrected chi connectivity index (χ1v) is 6.33. The normalized spacial score (nSPS) is 24.7. The predicted molar refractivity (Wildman–Crippen MR) is 69.2 cm³/mol. The topological polar surface area (TPSA) is 44.8 Å². The van der Waals surface area contributed by atoms with Crippen LogP contribution in [0, 0.1) is 5.92 Å². The van der Waals surface area contributed by atoms with Crippen LogP contribution >= 0.6 is 0 Å². The molecule has 0 amide bonds. The summed E-state index contributed by atoms with van der Waals surface area (Å²) in [5.74, 6) is 1.33. The van der Waals surface area contributed by atoms with Gasteiger partial charge in [-0.05, 0) is 31.0 Å². The third-order valence-corrected chi connectivity index (χ3v) is 3.74. The zero-order chi connectivity index (χ0) is 13.4. The quantitative estimate of drug-likeness (QED) is 0.363. The molecule has 1 aliphatic carbocycles. The number of hydrogen-bond acceptors (Lipinski definition) is 4. The minimum atomic E-state index is -0.137. The number of fused-ring (bicyclic) bond motifs is 3. The Morgan fingerprint density at radius 1 is 1.37 bits per heavy atom. The van der Waals surface area contributed by atoms with E-state index in [1.54, 1.807) is 19.2 Å². The van der Waals surface area contributed by atoms with Gasteiger partial charge in [-0.15, -0.1) is 0 Å². The minimum Gasteiger partial charge on any atom is -0.468 e. The summed E-state index contributed by atoms with van der Waals surface area (Å²) in [5, 5.41) is 0. The van der Waals surface area contributed by atoms with Gasteiger partial charge in [0.15, 0.2) is 6.79 Å². The van der Waals surface area contributed by atoms with Crippen LogP contribution in [0.15, 0.2) is 30.4 Å². The van der Waals surface area contributed by atoms with Crippen molar-refractivity contribution in [2.45, 2.75) is 18.8 Å². The molecule has 1 aromatic rings. The average molecular weight is 260 g/mol. The van der Waals surface area contributed by atoms with Gasteiger partial charge in [0.25, 0.3) is 0 Å². The first-order chi connectivity index (χ1) is 9.19. The number of hydrogen-bond donors (Lipinski definition) is 0. The number of methoxy groups -OCH3 is 1. The van der Waals surface area contributed by atoms with Crippen LogP contribution in [-0.4, -0.2) is 19.9 Å². The molecule has 0 N–H and O–H groups in total. The maximum Gasteiger partial charge on any atom is 0.315 e. The summed E-state index contributed by atoms with van der Waals surface area (Å²) in [4.78, 5) is 11.9. The molecule has 0 spiro atoms. The van der Waals surface area contributed by atoms with Crippen molar-refractivity contribution in [3.63, 3.8) is 0 Å². The molecular weight excluding hydrogens is 244 g/mol. The molecule has 1 saturated carbocycles. The Morgan fingerprint density at radius 3 is 2.95 bits per heavy atom. The molecule has 3 rings (SSSR count). The zero-order valence-electron chi connectivity index (χ0n) is 10.8. The summed E-state index contributed by atoms with van der Waals surface area (Å²) in [5.41, 5.74) is 2.15. The van der Waals surface area contributed by atoms with Gasteiger partial charge in [0, 0.05) is 18.6 Å². The Kier molecular flexibility index (Phi) is 3.03. The monoisotopic (exact) mass is 260 g/mol. The van der Waals surface area contributed by atoms with Crippen molar-refractivity contribution >= 4 is 5.97 Å². The van der Waals surface area contributed by atoms with Crippen molar-refractivity contribution in [2.24, 2.45) is 5.92 Å². The number of benzene rings is 1. The second-order valence-corrected chi connectivity index (χ2v) is 5.04. The summed E-state index contributed by atoms with van der Waals surface area (Å²) in [7, 11) is 1.58. The minimum absolute atomic E-state index is 0.0855. The van der Waals surface area contributed by atoms with Gasteiger partial charge in [-0.25, -0.2) is 0 Å². The lowest BCUT2D eigenvalue weighted by Gasteiger charge is -2.26. The Balaban J connectivity index is 1.94. The Morgan fingerprint density at radius 2 is 2.16 bits per heavy atom. The number of carbonyl (C=O) groups is 1. The average Bonchev–Trinajstić information content (AvgIpc) is 2.79. The largest absolute Gasteiger partial charge is 0.468 e. The molecule has 0 saturated heterocycles. The van der Waals surface area contributed by atoms with E-state index in [2.05, 4.69) is 6.58 Å². The number of allylic oxidation sites excluding steroid dienone is 1. The SMILES string of the molecule is C=C1CC2C(=O)Oc3ccc(OCOC)cc3[C@H]2C1. The molecule has 1 fully saturated rings.